The van der Waals surface area contributed by atoms with Gasteiger partial charge in [0.15, 0.2) is 0 Å². The molecule has 0 bridgehead atoms. The van der Waals surface area contributed by atoms with Gasteiger partial charge in [0.2, 0.25) is 0 Å². The molecule has 21 heavy (non-hydrogen) atoms. The van der Waals surface area contributed by atoms with Crippen LogP contribution in [0, 0.1) is 29.1 Å². The molecule has 1 heteroatoms. The molecule has 0 heterocycles. The van der Waals surface area contributed by atoms with Crippen LogP contribution in [0.5, 0.6) is 0 Å². The Kier molecular flexibility index (Phi) is 3.30. The molecule has 4 rings (SSSR count). The fourth-order valence-corrected chi connectivity index (χ4v) is 6.94. The summed E-state index contributed by atoms with van der Waals surface area (Å²) in [5.41, 5.74) is 1.64. The smallest absolute Gasteiger partial charge is 0.0701 e. The quantitative estimate of drug-likeness (QED) is 0.666. The van der Waals surface area contributed by atoms with Crippen LogP contribution in [0.15, 0.2) is 11.6 Å². The zero-order chi connectivity index (χ0) is 14.7. The van der Waals surface area contributed by atoms with Crippen LogP contribution in [0.4, 0.5) is 0 Å². The van der Waals surface area contributed by atoms with E-state index in [-0.39, 0.29) is 11.0 Å². The van der Waals surface area contributed by atoms with E-state index in [1.165, 1.54) is 51.4 Å². The highest BCUT2D eigenvalue weighted by Gasteiger charge is 2.61. The largest absolute Gasteiger partial charge is 0.389 e. The third-order valence-electron chi connectivity index (χ3n) is 8.27. The SMILES string of the molecule is CC[C@]1(O)CC[C@@H]2[C@@H]3CC=C4CCCC[C@@H]4[C@H]3CC[C@]21C. The van der Waals surface area contributed by atoms with Gasteiger partial charge in [-0.1, -0.05) is 31.9 Å². The monoisotopic (exact) mass is 288 g/mol. The zero-order valence-corrected chi connectivity index (χ0v) is 13.9. The summed E-state index contributed by atoms with van der Waals surface area (Å²) in [7, 11) is 0. The molecule has 3 fully saturated rings. The fraction of sp³-hybridized carbons (Fsp3) is 0.900. The summed E-state index contributed by atoms with van der Waals surface area (Å²) in [6, 6.07) is 0. The molecule has 0 saturated heterocycles. The van der Waals surface area contributed by atoms with Crippen LogP contribution in [-0.2, 0) is 0 Å². The summed E-state index contributed by atoms with van der Waals surface area (Å²) >= 11 is 0. The topological polar surface area (TPSA) is 20.2 Å². The Morgan fingerprint density at radius 3 is 2.81 bits per heavy atom. The molecule has 4 aliphatic carbocycles. The lowest BCUT2D eigenvalue weighted by Crippen LogP contribution is -2.52. The maximum atomic E-state index is 11.2. The first-order valence-corrected chi connectivity index (χ1v) is 9.50. The Morgan fingerprint density at radius 1 is 1.14 bits per heavy atom. The van der Waals surface area contributed by atoms with Crippen molar-refractivity contribution in [2.45, 2.75) is 83.7 Å². The minimum absolute atomic E-state index is 0.197. The van der Waals surface area contributed by atoms with Crippen molar-refractivity contribution in [3.63, 3.8) is 0 Å². The van der Waals surface area contributed by atoms with Gasteiger partial charge in [-0.05, 0) is 86.9 Å². The van der Waals surface area contributed by atoms with Crippen molar-refractivity contribution >= 4 is 0 Å². The lowest BCUT2D eigenvalue weighted by atomic mass is 9.51. The second kappa shape index (κ2) is 4.85. The Labute approximate surface area is 130 Å². The van der Waals surface area contributed by atoms with Crippen molar-refractivity contribution in [3.8, 4) is 0 Å². The van der Waals surface area contributed by atoms with Crippen LogP contribution >= 0.6 is 0 Å². The van der Waals surface area contributed by atoms with Crippen molar-refractivity contribution in [2.75, 3.05) is 0 Å². The number of rotatable bonds is 1. The first-order valence-electron chi connectivity index (χ1n) is 9.50. The van der Waals surface area contributed by atoms with Gasteiger partial charge in [-0.3, -0.25) is 0 Å². The highest BCUT2D eigenvalue weighted by Crippen LogP contribution is 2.65. The van der Waals surface area contributed by atoms with Crippen LogP contribution in [-0.4, -0.2) is 10.7 Å². The number of hydrogen-bond acceptors (Lipinski definition) is 1. The van der Waals surface area contributed by atoms with E-state index in [2.05, 4.69) is 19.9 Å². The molecule has 0 aromatic carbocycles. The molecule has 0 aromatic rings. The first kappa shape index (κ1) is 14.3. The third kappa shape index (κ3) is 1.85. The van der Waals surface area contributed by atoms with Crippen LogP contribution in [0.1, 0.15) is 78.1 Å². The maximum absolute atomic E-state index is 11.2. The summed E-state index contributed by atoms with van der Waals surface area (Å²) in [6.07, 6.45) is 15.6. The molecule has 0 aromatic heterocycles. The minimum Gasteiger partial charge on any atom is -0.389 e. The number of allylic oxidation sites excluding steroid dienone is 2. The van der Waals surface area contributed by atoms with E-state index < -0.39 is 0 Å². The van der Waals surface area contributed by atoms with Gasteiger partial charge in [-0.15, -0.1) is 0 Å². The maximum Gasteiger partial charge on any atom is 0.0701 e. The number of fused-ring (bicyclic) bond motifs is 5. The zero-order valence-electron chi connectivity index (χ0n) is 13.9. The molecule has 118 valence electrons. The second-order valence-electron chi connectivity index (χ2n) is 8.68. The van der Waals surface area contributed by atoms with Crippen molar-refractivity contribution in [1.29, 1.82) is 0 Å². The molecule has 0 aliphatic heterocycles. The highest BCUT2D eigenvalue weighted by atomic mass is 16.3. The van der Waals surface area contributed by atoms with Crippen LogP contribution in [0.2, 0.25) is 0 Å². The first-order chi connectivity index (χ1) is 10.1. The van der Waals surface area contributed by atoms with Crippen molar-refractivity contribution in [2.24, 2.45) is 29.1 Å². The van der Waals surface area contributed by atoms with Crippen molar-refractivity contribution in [3.05, 3.63) is 11.6 Å². The van der Waals surface area contributed by atoms with Gasteiger partial charge in [0, 0.05) is 0 Å². The lowest BCUT2D eigenvalue weighted by Gasteiger charge is -2.55. The second-order valence-corrected chi connectivity index (χ2v) is 8.68. The van der Waals surface area contributed by atoms with Crippen molar-refractivity contribution in [1.82, 2.24) is 0 Å². The molecule has 3 saturated carbocycles. The van der Waals surface area contributed by atoms with E-state index in [0.29, 0.717) is 0 Å². The van der Waals surface area contributed by atoms with E-state index in [9.17, 15) is 5.11 Å². The van der Waals surface area contributed by atoms with Crippen LogP contribution < -0.4 is 0 Å². The molecular weight excluding hydrogens is 256 g/mol. The van der Waals surface area contributed by atoms with Crippen LogP contribution in [0.25, 0.3) is 0 Å². The summed E-state index contributed by atoms with van der Waals surface area (Å²) in [5.74, 6) is 3.51. The Bertz CT molecular complexity index is 453. The summed E-state index contributed by atoms with van der Waals surface area (Å²) in [5, 5.41) is 11.2. The van der Waals surface area contributed by atoms with Gasteiger partial charge in [0.05, 0.1) is 5.60 Å². The third-order valence-corrected chi connectivity index (χ3v) is 8.27. The normalized spacial score (nSPS) is 52.6. The molecule has 1 N–H and O–H groups in total. The highest BCUT2D eigenvalue weighted by molar-refractivity contribution is 5.20. The molecular formula is C20H32O. The van der Waals surface area contributed by atoms with E-state index in [1.54, 1.807) is 0 Å². The summed E-state index contributed by atoms with van der Waals surface area (Å²) in [4.78, 5) is 0. The van der Waals surface area contributed by atoms with Gasteiger partial charge in [-0.2, -0.15) is 0 Å². The molecule has 4 aliphatic rings. The number of hydrogen-bond donors (Lipinski definition) is 1. The average Bonchev–Trinajstić information content (AvgIpc) is 2.79. The predicted octanol–water partition coefficient (Wildman–Crippen LogP) is 5.09. The van der Waals surface area contributed by atoms with Gasteiger partial charge in [0.25, 0.3) is 0 Å². The van der Waals surface area contributed by atoms with Crippen LogP contribution in [0.3, 0.4) is 0 Å². The van der Waals surface area contributed by atoms with Gasteiger partial charge in [0.1, 0.15) is 0 Å². The molecule has 6 atom stereocenters. The van der Waals surface area contributed by atoms with Gasteiger partial charge >= 0.3 is 0 Å². The average molecular weight is 288 g/mol. The Balaban J connectivity index is 1.65. The van der Waals surface area contributed by atoms with E-state index in [4.69, 9.17) is 0 Å². The molecule has 0 radical (unpaired) electrons. The summed E-state index contributed by atoms with van der Waals surface area (Å²) < 4.78 is 0. The Hall–Kier alpha value is -0.300. The molecule has 0 unspecified atom stereocenters. The van der Waals surface area contributed by atoms with Gasteiger partial charge in [-0.25, -0.2) is 0 Å². The van der Waals surface area contributed by atoms with Gasteiger partial charge < -0.3 is 5.11 Å². The Morgan fingerprint density at radius 2 is 2.00 bits per heavy atom. The minimum atomic E-state index is -0.376. The predicted molar refractivity (Wildman–Crippen MR) is 86.9 cm³/mol. The van der Waals surface area contributed by atoms with Crippen molar-refractivity contribution < 1.29 is 5.11 Å². The lowest BCUT2D eigenvalue weighted by molar-refractivity contribution is -0.116. The summed E-state index contributed by atoms with van der Waals surface area (Å²) in [6.45, 7) is 4.62. The standard InChI is InChI=1S/C20H32O/c1-3-20(21)13-11-18-17-9-8-14-6-4-5-7-15(14)16(17)10-12-19(18,20)2/h8,15-18,21H,3-7,9-13H2,1-2H3/t15-,16+,17+,18+,19+,20-/m0/s1. The molecule has 0 spiro atoms. The molecule has 0 amide bonds. The fourth-order valence-electron chi connectivity index (χ4n) is 6.94. The molecule has 1 nitrogen and oxygen atoms in total. The number of aliphatic hydroxyl groups is 1. The van der Waals surface area contributed by atoms with E-state index in [1.807, 2.05) is 5.57 Å². The van der Waals surface area contributed by atoms with E-state index >= 15 is 0 Å². The van der Waals surface area contributed by atoms with E-state index in [0.717, 1.165) is 36.5 Å².